The molecule has 9 rings (SSSR count). The van der Waals surface area contributed by atoms with Crippen molar-refractivity contribution in [2.75, 3.05) is 0 Å². The third-order valence-corrected chi connectivity index (χ3v) is 8.61. The Morgan fingerprint density at radius 3 is 2.13 bits per heavy atom. The normalized spacial score (nSPS) is 15.3. The number of fused-ring (bicyclic) bond motifs is 4. The van der Waals surface area contributed by atoms with Gasteiger partial charge in [0.15, 0.2) is 0 Å². The first-order chi connectivity index (χ1) is 29.8. The first-order valence-electron chi connectivity index (χ1n) is 22.1. The van der Waals surface area contributed by atoms with Crippen LogP contribution in [0.3, 0.4) is 0 Å². The summed E-state index contributed by atoms with van der Waals surface area (Å²) in [6.07, 6.45) is 2.70. The Morgan fingerprint density at radius 2 is 1.38 bits per heavy atom. The Bertz CT molecular complexity index is 3050. The zero-order chi connectivity index (χ0) is 44.9. The molecule has 0 unspecified atom stereocenters. The van der Waals surface area contributed by atoms with E-state index in [-0.39, 0.29) is 48.2 Å². The second-order valence-electron chi connectivity index (χ2n) is 11.9. The Balaban J connectivity index is 0.000000246. The van der Waals surface area contributed by atoms with Crippen LogP contribution in [0.4, 0.5) is 0 Å². The quantitative estimate of drug-likeness (QED) is 0.165. The molecule has 0 saturated carbocycles. The van der Waals surface area contributed by atoms with Gasteiger partial charge < -0.3 is 14.4 Å². The monoisotopic (exact) mass is 862 g/mol. The molecular formula is C47H35IrN3O-2. The van der Waals surface area contributed by atoms with E-state index < -0.39 is 27.4 Å². The van der Waals surface area contributed by atoms with Crippen LogP contribution in [0.2, 0.25) is 0 Å². The first kappa shape index (κ1) is 22.9. The molecule has 0 aliphatic rings. The summed E-state index contributed by atoms with van der Waals surface area (Å²) in [5, 5.41) is 3.32. The van der Waals surface area contributed by atoms with Crippen molar-refractivity contribution >= 4 is 32.8 Å². The van der Waals surface area contributed by atoms with Crippen molar-refractivity contribution in [3.8, 4) is 44.8 Å². The summed E-state index contributed by atoms with van der Waals surface area (Å²) < 4.78 is 97.8. The molecule has 4 nitrogen and oxygen atoms in total. The fourth-order valence-electron chi connectivity index (χ4n) is 6.17. The maximum Gasteiger partial charge on any atom is 0.216 e. The zero-order valence-corrected chi connectivity index (χ0v) is 29.8. The van der Waals surface area contributed by atoms with E-state index in [0.29, 0.717) is 39.0 Å². The summed E-state index contributed by atoms with van der Waals surface area (Å²) in [5.41, 5.74) is 6.68. The van der Waals surface area contributed by atoms with Gasteiger partial charge in [0, 0.05) is 60.0 Å². The fourth-order valence-corrected chi connectivity index (χ4v) is 6.17. The van der Waals surface area contributed by atoms with Gasteiger partial charge in [0.2, 0.25) is 5.71 Å². The minimum absolute atomic E-state index is 0. The second kappa shape index (κ2) is 14.9. The van der Waals surface area contributed by atoms with E-state index in [1.54, 1.807) is 30.3 Å². The zero-order valence-electron chi connectivity index (χ0n) is 39.4. The molecule has 52 heavy (non-hydrogen) atoms. The van der Waals surface area contributed by atoms with E-state index >= 15 is 0 Å². The van der Waals surface area contributed by atoms with E-state index in [9.17, 15) is 0 Å². The summed E-state index contributed by atoms with van der Waals surface area (Å²) in [4.78, 5) is 12.9. The maximum atomic E-state index is 8.31. The van der Waals surface area contributed by atoms with Crippen molar-refractivity contribution in [1.82, 2.24) is 15.0 Å². The van der Waals surface area contributed by atoms with Crippen LogP contribution in [-0.4, -0.2) is 15.0 Å². The van der Waals surface area contributed by atoms with Gasteiger partial charge in [-0.1, -0.05) is 103 Å². The van der Waals surface area contributed by atoms with Gasteiger partial charge in [0.05, 0.1) is 5.58 Å². The first-order valence-corrected chi connectivity index (χ1v) is 16.1. The molecule has 5 heteroatoms. The molecule has 0 atom stereocenters. The van der Waals surface area contributed by atoms with Crippen molar-refractivity contribution < 1.29 is 41.0 Å². The van der Waals surface area contributed by atoms with Gasteiger partial charge in [-0.25, -0.2) is 4.98 Å². The molecule has 255 valence electrons. The molecular weight excluding hydrogens is 815 g/mol. The summed E-state index contributed by atoms with van der Waals surface area (Å²) in [6, 6.07) is 44.2. The number of hydrogen-bond donors (Lipinski definition) is 0. The largest absolute Gasteiger partial charge is 0.486 e. The maximum absolute atomic E-state index is 8.31. The SMILES string of the molecule is [2H]C([2H])([2H])c1c[c-]c(-c2ccc(C([2H])([2H])[2H])cn2)cc1.[2H]C([2H])([2H])c1ccc2c(n1)oc1c(-c3cc(-c4ccc(-c5ccccc5)c5ccccc45)c(C([2H])([2H])[2H])cn3)[c-]ccc12.[Ir]. The van der Waals surface area contributed by atoms with Gasteiger partial charge in [-0.15, -0.1) is 53.6 Å². The van der Waals surface area contributed by atoms with Crippen LogP contribution in [0.25, 0.3) is 77.6 Å². The van der Waals surface area contributed by atoms with Crippen LogP contribution >= 0.6 is 0 Å². The van der Waals surface area contributed by atoms with E-state index in [1.807, 2.05) is 60.7 Å². The molecule has 4 aromatic heterocycles. The van der Waals surface area contributed by atoms with Gasteiger partial charge in [0.1, 0.15) is 0 Å². The average molecular weight is 862 g/mol. The van der Waals surface area contributed by atoms with Crippen molar-refractivity contribution in [3.63, 3.8) is 0 Å². The molecule has 9 aromatic rings. The van der Waals surface area contributed by atoms with E-state index in [2.05, 4.69) is 39.2 Å². The van der Waals surface area contributed by atoms with Crippen molar-refractivity contribution in [2.45, 2.75) is 27.4 Å². The second-order valence-corrected chi connectivity index (χ2v) is 11.9. The number of benzene rings is 5. The fraction of sp³-hybridized carbons (Fsp3) is 0.0851. The summed E-state index contributed by atoms with van der Waals surface area (Å²) in [7, 11) is 0. The van der Waals surface area contributed by atoms with Crippen molar-refractivity contribution in [1.29, 1.82) is 0 Å². The molecule has 5 aromatic carbocycles. The molecule has 1 radical (unpaired) electrons. The van der Waals surface area contributed by atoms with Crippen molar-refractivity contribution in [2.24, 2.45) is 0 Å². The summed E-state index contributed by atoms with van der Waals surface area (Å²) in [5.74, 6) is 0. The van der Waals surface area contributed by atoms with E-state index in [4.69, 9.17) is 20.9 Å². The minimum atomic E-state index is -2.41. The van der Waals surface area contributed by atoms with Crippen LogP contribution in [0, 0.1) is 39.5 Å². The number of aromatic nitrogens is 3. The molecule has 0 aliphatic heterocycles. The van der Waals surface area contributed by atoms with Crippen LogP contribution in [-0.2, 0) is 20.1 Å². The van der Waals surface area contributed by atoms with Crippen LogP contribution in [0.1, 0.15) is 38.8 Å². The molecule has 0 amide bonds. The predicted molar refractivity (Wildman–Crippen MR) is 209 cm³/mol. The molecule has 0 N–H and O–H groups in total. The Hall–Kier alpha value is -5.74. The van der Waals surface area contributed by atoms with Crippen LogP contribution in [0.5, 0.6) is 0 Å². The molecule has 0 aliphatic carbocycles. The smallest absolute Gasteiger partial charge is 0.216 e. The van der Waals surface area contributed by atoms with Crippen LogP contribution in [0.15, 0.2) is 144 Å². The number of aryl methyl sites for hydroxylation is 4. The van der Waals surface area contributed by atoms with Gasteiger partial charge in [-0.3, -0.25) is 0 Å². The molecule has 0 spiro atoms. The third kappa shape index (κ3) is 6.81. The number of furan rings is 1. The topological polar surface area (TPSA) is 51.8 Å². The van der Waals surface area contributed by atoms with E-state index in [0.717, 1.165) is 32.8 Å². The Morgan fingerprint density at radius 1 is 0.596 bits per heavy atom. The number of pyridine rings is 3. The van der Waals surface area contributed by atoms with Gasteiger partial charge >= 0.3 is 0 Å². The van der Waals surface area contributed by atoms with Gasteiger partial charge in [0.25, 0.3) is 0 Å². The van der Waals surface area contributed by atoms with E-state index in [1.165, 1.54) is 36.7 Å². The summed E-state index contributed by atoms with van der Waals surface area (Å²) >= 11 is 0. The standard InChI is InChI=1S/C34H23N2O.C13H12N.Ir/c1-21-20-35-32(30-14-8-13-28-29-16-15-22(2)36-34(29)37-33(28)30)19-31(21)27-18-17-24(23-9-4-3-5-10-23)25-11-6-7-12-26(25)27;1-10-3-6-12(7-4-10)13-8-5-11(2)9-14-13;/h3-13,15-20H,1-2H3;3-6,8-9H,1-2H3;/q2*-1;/i2*1D3,2D3;. The van der Waals surface area contributed by atoms with Gasteiger partial charge in [-0.05, 0) is 88.2 Å². The molecule has 0 fully saturated rings. The Kier molecular flexibility index (Phi) is 6.55. The molecule has 0 bridgehead atoms. The Labute approximate surface area is 334 Å². The van der Waals surface area contributed by atoms with Gasteiger partial charge in [-0.2, -0.15) is 0 Å². The number of hydrogen-bond acceptors (Lipinski definition) is 4. The summed E-state index contributed by atoms with van der Waals surface area (Å²) in [6.45, 7) is -9.12. The van der Waals surface area contributed by atoms with Crippen LogP contribution < -0.4 is 0 Å². The molecule has 0 saturated heterocycles. The minimum Gasteiger partial charge on any atom is -0.486 e. The number of rotatable bonds is 4. The average Bonchev–Trinajstić information content (AvgIpc) is 3.64. The molecule has 4 heterocycles. The number of nitrogens with zero attached hydrogens (tertiary/aromatic N) is 3. The third-order valence-electron chi connectivity index (χ3n) is 8.61. The predicted octanol–water partition coefficient (Wildman–Crippen LogP) is 12.1. The van der Waals surface area contributed by atoms with Crippen molar-refractivity contribution in [3.05, 3.63) is 174 Å².